The fraction of sp³-hybridized carbons (Fsp3) is 0.933. The number of hydrogen-bond donors (Lipinski definition) is 0. The van der Waals surface area contributed by atoms with E-state index in [1.165, 1.54) is 83.5 Å². The standard InChI is InChI=1S/C30H50O2/c1-6-7-8-20(2)9-11-23-18-27-28(32-23)19-26-24-12-10-21-17-22(31-5)13-15-29(21,3)25(24)14-16-30(26,27)4/h10,20,22-28H,6-9,11-19H2,1-5H3/t20-,22?,23?,24?,25?,26?,27?,28-,29?,30?/m0/s1. The Labute approximate surface area is 198 Å². The highest BCUT2D eigenvalue weighted by Crippen LogP contribution is 2.68. The van der Waals surface area contributed by atoms with Gasteiger partial charge in [0.1, 0.15) is 0 Å². The van der Waals surface area contributed by atoms with Crippen LogP contribution in [-0.4, -0.2) is 25.4 Å². The Morgan fingerprint density at radius 2 is 1.94 bits per heavy atom. The zero-order chi connectivity index (χ0) is 22.5. The fourth-order valence-electron chi connectivity index (χ4n) is 9.43. The third-order valence-corrected chi connectivity index (χ3v) is 11.5. The van der Waals surface area contributed by atoms with Crippen LogP contribution in [0.3, 0.4) is 0 Å². The molecule has 10 atom stereocenters. The first-order valence-electron chi connectivity index (χ1n) is 14.3. The number of ether oxygens (including phenoxy) is 2. The summed E-state index contributed by atoms with van der Waals surface area (Å²) in [4.78, 5) is 0. The Kier molecular flexibility index (Phi) is 6.60. The van der Waals surface area contributed by atoms with Crippen molar-refractivity contribution in [3.8, 4) is 0 Å². The van der Waals surface area contributed by atoms with Gasteiger partial charge in [-0.2, -0.15) is 0 Å². The number of hydrogen-bond acceptors (Lipinski definition) is 2. The molecular formula is C30H50O2. The molecule has 5 rings (SSSR count). The van der Waals surface area contributed by atoms with E-state index in [0.717, 1.165) is 29.6 Å². The summed E-state index contributed by atoms with van der Waals surface area (Å²) in [5, 5.41) is 0. The van der Waals surface area contributed by atoms with Crippen molar-refractivity contribution in [2.24, 2.45) is 40.4 Å². The third-order valence-electron chi connectivity index (χ3n) is 11.5. The van der Waals surface area contributed by atoms with Crippen molar-refractivity contribution in [2.45, 2.75) is 129 Å². The Hall–Kier alpha value is -0.340. The molecule has 1 heterocycles. The van der Waals surface area contributed by atoms with Crippen LogP contribution in [-0.2, 0) is 9.47 Å². The molecule has 0 aromatic heterocycles. The molecule has 3 saturated carbocycles. The van der Waals surface area contributed by atoms with Crippen molar-refractivity contribution in [1.29, 1.82) is 0 Å². The van der Waals surface area contributed by atoms with E-state index in [9.17, 15) is 0 Å². The molecule has 1 aliphatic heterocycles. The smallest absolute Gasteiger partial charge is 0.0616 e. The van der Waals surface area contributed by atoms with Gasteiger partial charge in [0, 0.05) is 7.11 Å². The molecule has 1 saturated heterocycles. The first-order chi connectivity index (χ1) is 15.4. The molecule has 0 radical (unpaired) electrons. The topological polar surface area (TPSA) is 18.5 Å². The van der Waals surface area contributed by atoms with Crippen LogP contribution < -0.4 is 0 Å². The average molecular weight is 443 g/mol. The second-order valence-corrected chi connectivity index (χ2v) is 13.1. The largest absolute Gasteiger partial charge is 0.381 e. The lowest BCUT2D eigenvalue weighted by molar-refractivity contribution is -0.0549. The summed E-state index contributed by atoms with van der Waals surface area (Å²) in [7, 11) is 1.90. The van der Waals surface area contributed by atoms with Crippen LogP contribution in [0.5, 0.6) is 0 Å². The Morgan fingerprint density at radius 3 is 2.72 bits per heavy atom. The molecule has 0 N–H and O–H groups in total. The van der Waals surface area contributed by atoms with Crippen molar-refractivity contribution in [3.63, 3.8) is 0 Å². The van der Waals surface area contributed by atoms with Gasteiger partial charge in [-0.05, 0) is 105 Å². The van der Waals surface area contributed by atoms with Gasteiger partial charge >= 0.3 is 0 Å². The molecule has 4 fully saturated rings. The van der Waals surface area contributed by atoms with Crippen LogP contribution in [0.2, 0.25) is 0 Å². The Bertz CT molecular complexity index is 699. The summed E-state index contributed by atoms with van der Waals surface area (Å²) in [5.74, 6) is 4.37. The molecule has 0 aromatic carbocycles. The minimum absolute atomic E-state index is 0.439. The first kappa shape index (κ1) is 23.4. The fourth-order valence-corrected chi connectivity index (χ4v) is 9.43. The van der Waals surface area contributed by atoms with Crippen molar-refractivity contribution in [2.75, 3.05) is 7.11 Å². The molecule has 0 spiro atoms. The van der Waals surface area contributed by atoms with Crippen LogP contribution in [0.15, 0.2) is 11.6 Å². The van der Waals surface area contributed by atoms with E-state index in [1.54, 1.807) is 5.57 Å². The predicted octanol–water partition coefficient (Wildman–Crippen LogP) is 7.95. The summed E-state index contributed by atoms with van der Waals surface area (Å²) in [5.41, 5.74) is 2.71. The summed E-state index contributed by atoms with van der Waals surface area (Å²) in [6.07, 6.45) is 21.7. The number of fused-ring (bicyclic) bond motifs is 7. The number of allylic oxidation sites excluding steroid dienone is 1. The van der Waals surface area contributed by atoms with E-state index < -0.39 is 0 Å². The van der Waals surface area contributed by atoms with Crippen LogP contribution in [0, 0.1) is 40.4 Å². The lowest BCUT2D eigenvalue weighted by atomic mass is 9.47. The molecule has 0 amide bonds. The van der Waals surface area contributed by atoms with Gasteiger partial charge in [0.05, 0.1) is 18.3 Å². The summed E-state index contributed by atoms with van der Waals surface area (Å²) >= 11 is 0. The van der Waals surface area contributed by atoms with Gasteiger partial charge < -0.3 is 9.47 Å². The van der Waals surface area contributed by atoms with Gasteiger partial charge in [-0.15, -0.1) is 0 Å². The molecule has 2 nitrogen and oxygen atoms in total. The number of rotatable bonds is 7. The van der Waals surface area contributed by atoms with Crippen LogP contribution in [0.25, 0.3) is 0 Å². The van der Waals surface area contributed by atoms with Gasteiger partial charge in [0.25, 0.3) is 0 Å². The van der Waals surface area contributed by atoms with Crippen molar-refractivity contribution in [3.05, 3.63) is 11.6 Å². The second-order valence-electron chi connectivity index (χ2n) is 13.1. The zero-order valence-electron chi connectivity index (χ0n) is 21.7. The molecular weight excluding hydrogens is 392 g/mol. The van der Waals surface area contributed by atoms with E-state index in [2.05, 4.69) is 33.8 Å². The van der Waals surface area contributed by atoms with Gasteiger partial charge in [0.2, 0.25) is 0 Å². The van der Waals surface area contributed by atoms with Crippen molar-refractivity contribution in [1.82, 2.24) is 0 Å². The normalized spacial score (nSPS) is 48.4. The van der Waals surface area contributed by atoms with Gasteiger partial charge in [-0.1, -0.05) is 58.6 Å². The van der Waals surface area contributed by atoms with E-state index >= 15 is 0 Å². The minimum Gasteiger partial charge on any atom is -0.381 e. The van der Waals surface area contributed by atoms with E-state index in [4.69, 9.17) is 9.47 Å². The highest BCUT2D eigenvalue weighted by molar-refractivity contribution is 5.26. The van der Waals surface area contributed by atoms with Crippen LogP contribution in [0.1, 0.15) is 111 Å². The van der Waals surface area contributed by atoms with E-state index in [-0.39, 0.29) is 0 Å². The van der Waals surface area contributed by atoms with E-state index in [1.807, 2.05) is 7.11 Å². The molecule has 182 valence electrons. The molecule has 5 aliphatic rings. The quantitative estimate of drug-likeness (QED) is 0.372. The lowest BCUT2D eigenvalue weighted by Crippen LogP contribution is -2.50. The van der Waals surface area contributed by atoms with Gasteiger partial charge in [0.15, 0.2) is 0 Å². The summed E-state index contributed by atoms with van der Waals surface area (Å²) in [6.45, 7) is 10.1. The number of unbranched alkanes of at least 4 members (excludes halogenated alkanes) is 1. The van der Waals surface area contributed by atoms with Gasteiger partial charge in [-0.3, -0.25) is 0 Å². The van der Waals surface area contributed by atoms with Crippen molar-refractivity contribution >= 4 is 0 Å². The maximum Gasteiger partial charge on any atom is 0.0616 e. The van der Waals surface area contributed by atoms with Crippen LogP contribution in [0.4, 0.5) is 0 Å². The summed E-state index contributed by atoms with van der Waals surface area (Å²) in [6, 6.07) is 0. The molecule has 32 heavy (non-hydrogen) atoms. The zero-order valence-corrected chi connectivity index (χ0v) is 21.7. The lowest BCUT2D eigenvalue weighted by Gasteiger charge is -2.58. The molecule has 2 heteroatoms. The second kappa shape index (κ2) is 9.03. The maximum atomic E-state index is 6.81. The molecule has 4 aliphatic carbocycles. The average Bonchev–Trinajstić information content (AvgIpc) is 3.32. The maximum absolute atomic E-state index is 6.81. The SMILES string of the molecule is CCCC[C@H](C)CCC1CC2[C@H](CC3C4CC=C5CC(OC)CCC5(C)C4CCC32C)O1. The van der Waals surface area contributed by atoms with Gasteiger partial charge in [-0.25, -0.2) is 0 Å². The minimum atomic E-state index is 0.439. The predicted molar refractivity (Wildman–Crippen MR) is 133 cm³/mol. The molecule has 8 unspecified atom stereocenters. The monoisotopic (exact) mass is 442 g/mol. The van der Waals surface area contributed by atoms with Crippen LogP contribution >= 0.6 is 0 Å². The Morgan fingerprint density at radius 1 is 1.09 bits per heavy atom. The number of methoxy groups -OCH3 is 1. The highest BCUT2D eigenvalue weighted by Gasteiger charge is 2.63. The first-order valence-corrected chi connectivity index (χ1v) is 14.3. The third kappa shape index (κ3) is 3.84. The molecule has 0 bridgehead atoms. The van der Waals surface area contributed by atoms with Crippen molar-refractivity contribution < 1.29 is 9.47 Å². The molecule has 0 aromatic rings. The van der Waals surface area contributed by atoms with E-state index in [0.29, 0.717) is 29.1 Å². The Balaban J connectivity index is 1.24. The summed E-state index contributed by atoms with van der Waals surface area (Å²) < 4.78 is 12.6. The highest BCUT2D eigenvalue weighted by atomic mass is 16.5.